The zero-order valence-electron chi connectivity index (χ0n) is 14.4. The normalized spacial score (nSPS) is 21.2. The average molecular weight is 302 g/mol. The highest BCUT2D eigenvalue weighted by Gasteiger charge is 2.35. The van der Waals surface area contributed by atoms with Crippen LogP contribution in [-0.4, -0.2) is 29.9 Å². The number of hydrogen-bond acceptors (Lipinski definition) is 2. The topological polar surface area (TPSA) is 46.3 Å². The third kappa shape index (κ3) is 4.33. The molecule has 1 atom stereocenters. The second-order valence-corrected chi connectivity index (χ2v) is 7.79. The number of hydrogen-bond donors (Lipinski definition) is 1. The highest BCUT2D eigenvalue weighted by Crippen LogP contribution is 2.28. The second kappa shape index (κ2) is 6.82. The molecule has 1 aromatic carbocycles. The summed E-state index contributed by atoms with van der Waals surface area (Å²) >= 11 is 0. The molecule has 2 N–H and O–H groups in total. The van der Waals surface area contributed by atoms with Gasteiger partial charge in [-0.1, -0.05) is 52.0 Å². The quantitative estimate of drug-likeness (QED) is 0.929. The summed E-state index contributed by atoms with van der Waals surface area (Å²) in [6, 6.07) is 8.68. The number of piperidine rings is 1. The molecule has 1 saturated heterocycles. The predicted octanol–water partition coefficient (Wildman–Crippen LogP) is 3.01. The average Bonchev–Trinajstić information content (AvgIpc) is 2.43. The molecule has 1 aromatic rings. The van der Waals surface area contributed by atoms with E-state index in [4.69, 9.17) is 5.73 Å². The van der Waals surface area contributed by atoms with Gasteiger partial charge in [-0.25, -0.2) is 0 Å². The Morgan fingerprint density at radius 1 is 1.27 bits per heavy atom. The second-order valence-electron chi connectivity index (χ2n) is 7.79. The van der Waals surface area contributed by atoms with Crippen molar-refractivity contribution in [3.63, 3.8) is 0 Å². The van der Waals surface area contributed by atoms with E-state index in [1.54, 1.807) is 0 Å². The van der Waals surface area contributed by atoms with E-state index in [0.717, 1.165) is 31.5 Å². The van der Waals surface area contributed by atoms with Crippen LogP contribution in [0.3, 0.4) is 0 Å². The smallest absolute Gasteiger partial charge is 0.227 e. The van der Waals surface area contributed by atoms with E-state index >= 15 is 0 Å². The van der Waals surface area contributed by atoms with Crippen molar-refractivity contribution in [3.8, 4) is 0 Å². The van der Waals surface area contributed by atoms with Crippen molar-refractivity contribution >= 4 is 5.91 Å². The number of likely N-dealkylation sites (tertiary alicyclic amines) is 1. The third-order valence-corrected chi connectivity index (χ3v) is 4.69. The van der Waals surface area contributed by atoms with Gasteiger partial charge in [0.1, 0.15) is 0 Å². The molecule has 122 valence electrons. The van der Waals surface area contributed by atoms with Crippen LogP contribution in [0.4, 0.5) is 0 Å². The van der Waals surface area contributed by atoms with E-state index in [2.05, 4.69) is 52.0 Å². The van der Waals surface area contributed by atoms with E-state index in [0.29, 0.717) is 12.3 Å². The van der Waals surface area contributed by atoms with Gasteiger partial charge in [0, 0.05) is 19.1 Å². The number of carbonyl (C=O) groups excluding carboxylic acids is 1. The molecule has 1 aliphatic heterocycles. The van der Waals surface area contributed by atoms with Gasteiger partial charge in [0.15, 0.2) is 0 Å². The van der Waals surface area contributed by atoms with Gasteiger partial charge >= 0.3 is 0 Å². The van der Waals surface area contributed by atoms with Crippen molar-refractivity contribution in [2.45, 2.75) is 53.0 Å². The molecule has 1 amide bonds. The first-order chi connectivity index (χ1) is 10.3. The molecule has 1 fully saturated rings. The lowest BCUT2D eigenvalue weighted by molar-refractivity contribution is -0.133. The standard InChI is InChI=1S/C19H30N2O/c1-14(2)11-15-5-7-16(8-6-15)12-18(22)21-10-9-17(20)19(3,4)13-21/h5-8,14,17H,9-13,20H2,1-4H3. The van der Waals surface area contributed by atoms with Gasteiger partial charge in [-0.2, -0.15) is 0 Å². The van der Waals surface area contributed by atoms with Gasteiger partial charge in [-0.15, -0.1) is 0 Å². The SMILES string of the molecule is CC(C)Cc1ccc(CC(=O)N2CCC(N)C(C)(C)C2)cc1. The minimum absolute atomic E-state index is 0.00896. The number of rotatable bonds is 4. The third-order valence-electron chi connectivity index (χ3n) is 4.69. The summed E-state index contributed by atoms with van der Waals surface area (Å²) in [5.41, 5.74) is 8.60. The zero-order chi connectivity index (χ0) is 16.3. The van der Waals surface area contributed by atoms with Gasteiger partial charge in [-0.3, -0.25) is 4.79 Å². The fourth-order valence-corrected chi connectivity index (χ4v) is 3.14. The summed E-state index contributed by atoms with van der Waals surface area (Å²) in [5, 5.41) is 0. The highest BCUT2D eigenvalue weighted by atomic mass is 16.2. The molecule has 0 saturated carbocycles. The summed E-state index contributed by atoms with van der Waals surface area (Å²) in [7, 11) is 0. The molecule has 3 nitrogen and oxygen atoms in total. The number of amides is 1. The first-order valence-corrected chi connectivity index (χ1v) is 8.39. The van der Waals surface area contributed by atoms with Crippen LogP contribution in [0.1, 0.15) is 45.2 Å². The van der Waals surface area contributed by atoms with Crippen molar-refractivity contribution in [3.05, 3.63) is 35.4 Å². The van der Waals surface area contributed by atoms with E-state index < -0.39 is 0 Å². The molecular weight excluding hydrogens is 272 g/mol. The highest BCUT2D eigenvalue weighted by molar-refractivity contribution is 5.79. The van der Waals surface area contributed by atoms with Gasteiger partial charge in [-0.05, 0) is 35.3 Å². The maximum Gasteiger partial charge on any atom is 0.227 e. The molecule has 22 heavy (non-hydrogen) atoms. The Morgan fingerprint density at radius 2 is 1.86 bits per heavy atom. The van der Waals surface area contributed by atoms with Gasteiger partial charge < -0.3 is 10.6 Å². The maximum absolute atomic E-state index is 12.5. The van der Waals surface area contributed by atoms with Crippen LogP contribution in [0.2, 0.25) is 0 Å². The molecule has 1 aliphatic rings. The summed E-state index contributed by atoms with van der Waals surface area (Å²) in [4.78, 5) is 14.5. The fourth-order valence-electron chi connectivity index (χ4n) is 3.14. The maximum atomic E-state index is 12.5. The van der Waals surface area contributed by atoms with Crippen LogP contribution >= 0.6 is 0 Å². The predicted molar refractivity (Wildman–Crippen MR) is 91.6 cm³/mol. The van der Waals surface area contributed by atoms with E-state index in [1.807, 2.05) is 4.90 Å². The Bertz CT molecular complexity index is 505. The first kappa shape index (κ1) is 17.0. The van der Waals surface area contributed by atoms with Crippen molar-refractivity contribution < 1.29 is 4.79 Å². The molecule has 0 aromatic heterocycles. The van der Waals surface area contributed by atoms with Crippen molar-refractivity contribution in [2.75, 3.05) is 13.1 Å². The van der Waals surface area contributed by atoms with Gasteiger partial charge in [0.05, 0.1) is 6.42 Å². The van der Waals surface area contributed by atoms with Crippen molar-refractivity contribution in [2.24, 2.45) is 17.1 Å². The Kier molecular flexibility index (Phi) is 5.28. The first-order valence-electron chi connectivity index (χ1n) is 8.39. The fraction of sp³-hybridized carbons (Fsp3) is 0.632. The zero-order valence-corrected chi connectivity index (χ0v) is 14.4. The molecule has 2 rings (SSSR count). The van der Waals surface area contributed by atoms with Crippen LogP contribution in [0.25, 0.3) is 0 Å². The number of benzene rings is 1. The molecule has 0 radical (unpaired) electrons. The minimum Gasteiger partial charge on any atom is -0.342 e. The minimum atomic E-state index is 0.00896. The monoisotopic (exact) mass is 302 g/mol. The largest absolute Gasteiger partial charge is 0.342 e. The molecule has 0 spiro atoms. The van der Waals surface area contributed by atoms with Gasteiger partial charge in [0.25, 0.3) is 0 Å². The van der Waals surface area contributed by atoms with Crippen LogP contribution in [-0.2, 0) is 17.6 Å². The summed E-state index contributed by atoms with van der Waals surface area (Å²) in [6.07, 6.45) is 2.48. The van der Waals surface area contributed by atoms with Gasteiger partial charge in [0.2, 0.25) is 5.91 Å². The summed E-state index contributed by atoms with van der Waals surface area (Å²) < 4.78 is 0. The van der Waals surface area contributed by atoms with E-state index in [1.165, 1.54) is 5.56 Å². The van der Waals surface area contributed by atoms with Crippen LogP contribution < -0.4 is 5.73 Å². The number of nitrogens with zero attached hydrogens (tertiary/aromatic N) is 1. The Labute approximate surface area is 134 Å². The Morgan fingerprint density at radius 3 is 2.41 bits per heavy atom. The van der Waals surface area contributed by atoms with Crippen LogP contribution in [0.15, 0.2) is 24.3 Å². The van der Waals surface area contributed by atoms with Crippen LogP contribution in [0, 0.1) is 11.3 Å². The molecular formula is C19H30N2O. The molecule has 1 heterocycles. The summed E-state index contributed by atoms with van der Waals surface area (Å²) in [6.45, 7) is 10.3. The molecule has 3 heteroatoms. The Hall–Kier alpha value is -1.35. The molecule has 0 bridgehead atoms. The molecule has 1 unspecified atom stereocenters. The van der Waals surface area contributed by atoms with Crippen molar-refractivity contribution in [1.29, 1.82) is 0 Å². The van der Waals surface area contributed by atoms with E-state index in [9.17, 15) is 4.79 Å². The lowest BCUT2D eigenvalue weighted by Crippen LogP contribution is -2.54. The number of carbonyl (C=O) groups is 1. The lowest BCUT2D eigenvalue weighted by Gasteiger charge is -2.42. The lowest BCUT2D eigenvalue weighted by atomic mass is 9.79. The number of nitrogens with two attached hydrogens (primary N) is 1. The van der Waals surface area contributed by atoms with E-state index in [-0.39, 0.29) is 17.4 Å². The molecule has 0 aliphatic carbocycles. The Balaban J connectivity index is 1.94. The summed E-state index contributed by atoms with van der Waals surface area (Å²) in [5.74, 6) is 0.879. The van der Waals surface area contributed by atoms with Crippen molar-refractivity contribution in [1.82, 2.24) is 4.90 Å². The van der Waals surface area contributed by atoms with Crippen LogP contribution in [0.5, 0.6) is 0 Å².